The summed E-state index contributed by atoms with van der Waals surface area (Å²) >= 11 is 0. The zero-order valence-corrected chi connectivity index (χ0v) is 21.6. The summed E-state index contributed by atoms with van der Waals surface area (Å²) in [6.45, 7) is 5.68. The first-order valence-corrected chi connectivity index (χ1v) is 12.9. The van der Waals surface area contributed by atoms with Crippen molar-refractivity contribution in [3.63, 3.8) is 0 Å². The van der Waals surface area contributed by atoms with E-state index < -0.39 is 0 Å². The van der Waals surface area contributed by atoms with Crippen molar-refractivity contribution >= 4 is 17.0 Å². The lowest BCUT2D eigenvalue weighted by atomic mass is 10.0. The van der Waals surface area contributed by atoms with Crippen LogP contribution in [0.5, 0.6) is 0 Å². The first kappa shape index (κ1) is 25.0. The number of H-pyrrole nitrogens is 1. The maximum absolute atomic E-state index is 12.1. The summed E-state index contributed by atoms with van der Waals surface area (Å²) in [7, 11) is 3.24. The Kier molecular flexibility index (Phi) is 7.82. The highest BCUT2D eigenvalue weighted by atomic mass is 16.5. The van der Waals surface area contributed by atoms with Crippen LogP contribution in [0.1, 0.15) is 23.6 Å². The molecule has 5 rings (SSSR count). The number of likely N-dealkylation sites (N-methyl/N-ethyl adjacent to an activating group) is 1. The van der Waals surface area contributed by atoms with E-state index in [0.29, 0.717) is 6.54 Å². The fraction of sp³-hybridized carbons (Fsp3) is 0.393. The number of benzene rings is 2. The highest BCUT2D eigenvalue weighted by molar-refractivity contribution is 5.85. The lowest BCUT2D eigenvalue weighted by Crippen LogP contribution is -2.50. The van der Waals surface area contributed by atoms with Gasteiger partial charge >= 0.3 is 6.09 Å². The summed E-state index contributed by atoms with van der Waals surface area (Å²) < 4.78 is 6.86. The molecule has 1 N–H and O–H groups in total. The third-order valence-corrected chi connectivity index (χ3v) is 7.35. The van der Waals surface area contributed by atoms with Crippen molar-refractivity contribution in [3.05, 3.63) is 78.5 Å². The van der Waals surface area contributed by atoms with Crippen LogP contribution in [0.25, 0.3) is 16.6 Å². The molecule has 2 aromatic carbocycles. The van der Waals surface area contributed by atoms with Crippen molar-refractivity contribution in [1.82, 2.24) is 34.4 Å². The second-order valence-electron chi connectivity index (χ2n) is 9.67. The first-order valence-electron chi connectivity index (χ1n) is 12.9. The number of carbonyl (C=O) groups excluding carboxylic acids is 1. The van der Waals surface area contributed by atoms with Gasteiger partial charge in [0.2, 0.25) is 0 Å². The molecular weight excluding hydrogens is 466 g/mol. The standard InChI is InChI=1S/C28H35N7O2/c1-32(28(36)37-2)19-27(22-7-4-3-5-8-22)34-15-13-33(14-16-34)12-6-9-23-18-29-26-11-10-24(17-25(23)26)35-20-30-31-21-35/h3-5,7-8,10-11,17-18,20-21,27,29H,6,9,12-16,19H2,1-2H3. The molecule has 37 heavy (non-hydrogen) atoms. The van der Waals surface area contributed by atoms with Crippen LogP contribution in [0.3, 0.4) is 0 Å². The van der Waals surface area contributed by atoms with Crippen LogP contribution in [0.4, 0.5) is 4.79 Å². The predicted octanol–water partition coefficient (Wildman–Crippen LogP) is 3.74. The Hall–Kier alpha value is -3.69. The van der Waals surface area contributed by atoms with Crippen LogP contribution in [-0.4, -0.2) is 94.0 Å². The minimum atomic E-state index is -0.300. The third kappa shape index (κ3) is 5.84. The summed E-state index contributed by atoms with van der Waals surface area (Å²) in [5.41, 5.74) is 4.81. The minimum Gasteiger partial charge on any atom is -0.453 e. The predicted molar refractivity (Wildman–Crippen MR) is 144 cm³/mol. The van der Waals surface area contributed by atoms with Crippen molar-refractivity contribution in [1.29, 1.82) is 0 Å². The van der Waals surface area contributed by atoms with Gasteiger partial charge in [0, 0.05) is 62.6 Å². The van der Waals surface area contributed by atoms with E-state index in [1.807, 2.05) is 10.6 Å². The third-order valence-electron chi connectivity index (χ3n) is 7.35. The summed E-state index contributed by atoms with van der Waals surface area (Å²) in [6.07, 6.45) is 7.43. The number of aromatic amines is 1. The van der Waals surface area contributed by atoms with Gasteiger partial charge in [-0.3, -0.25) is 9.47 Å². The van der Waals surface area contributed by atoms with Gasteiger partial charge in [-0.1, -0.05) is 30.3 Å². The van der Waals surface area contributed by atoms with Gasteiger partial charge in [0.1, 0.15) is 12.7 Å². The van der Waals surface area contributed by atoms with Crippen molar-refractivity contribution in [3.8, 4) is 5.69 Å². The number of hydrogen-bond acceptors (Lipinski definition) is 6. The van der Waals surface area contributed by atoms with Gasteiger partial charge in [-0.25, -0.2) is 4.79 Å². The quantitative estimate of drug-likeness (QED) is 0.376. The molecule has 0 radical (unpaired) electrons. The number of piperazine rings is 1. The smallest absolute Gasteiger partial charge is 0.409 e. The molecule has 0 bridgehead atoms. The van der Waals surface area contributed by atoms with Crippen molar-refractivity contribution in [2.24, 2.45) is 0 Å². The van der Waals surface area contributed by atoms with E-state index in [-0.39, 0.29) is 12.1 Å². The molecule has 4 aromatic rings. The van der Waals surface area contributed by atoms with E-state index in [9.17, 15) is 4.79 Å². The Morgan fingerprint density at radius 3 is 2.57 bits per heavy atom. The van der Waals surface area contributed by atoms with Crippen molar-refractivity contribution < 1.29 is 9.53 Å². The number of fused-ring (bicyclic) bond motifs is 1. The second-order valence-corrected chi connectivity index (χ2v) is 9.67. The molecule has 1 atom stereocenters. The van der Waals surface area contributed by atoms with Gasteiger partial charge in [0.15, 0.2) is 0 Å². The molecule has 2 aromatic heterocycles. The number of ether oxygens (including phenoxy) is 1. The molecule has 3 heterocycles. The molecule has 0 spiro atoms. The normalized spacial score (nSPS) is 15.6. The lowest BCUT2D eigenvalue weighted by molar-refractivity contribution is 0.0727. The van der Waals surface area contributed by atoms with Crippen molar-refractivity contribution in [2.75, 3.05) is 53.4 Å². The van der Waals surface area contributed by atoms with Gasteiger partial charge in [-0.05, 0) is 48.7 Å². The Morgan fingerprint density at radius 1 is 1.08 bits per heavy atom. The molecule has 0 saturated carbocycles. The first-order chi connectivity index (χ1) is 18.1. The largest absolute Gasteiger partial charge is 0.453 e. The van der Waals surface area contributed by atoms with Gasteiger partial charge in [-0.2, -0.15) is 0 Å². The van der Waals surface area contributed by atoms with Crippen LogP contribution in [0, 0.1) is 0 Å². The topological polar surface area (TPSA) is 82.5 Å². The van der Waals surface area contributed by atoms with Crippen LogP contribution < -0.4 is 0 Å². The van der Waals surface area contributed by atoms with E-state index in [4.69, 9.17) is 4.74 Å². The number of amides is 1. The molecule has 1 saturated heterocycles. The van der Waals surface area contributed by atoms with Crippen LogP contribution >= 0.6 is 0 Å². The summed E-state index contributed by atoms with van der Waals surface area (Å²) in [5, 5.41) is 9.10. The number of methoxy groups -OCH3 is 1. The van der Waals surface area contributed by atoms with Crippen LogP contribution in [0.15, 0.2) is 67.4 Å². The molecule has 1 amide bonds. The van der Waals surface area contributed by atoms with E-state index in [1.54, 1.807) is 24.6 Å². The molecule has 1 aliphatic rings. The van der Waals surface area contributed by atoms with Crippen LogP contribution in [0.2, 0.25) is 0 Å². The van der Waals surface area contributed by atoms with E-state index in [0.717, 1.165) is 56.8 Å². The molecule has 194 valence electrons. The molecular formula is C28H35N7O2. The van der Waals surface area contributed by atoms with Gasteiger partial charge in [0.05, 0.1) is 13.2 Å². The lowest BCUT2D eigenvalue weighted by Gasteiger charge is -2.40. The highest BCUT2D eigenvalue weighted by Crippen LogP contribution is 2.25. The highest BCUT2D eigenvalue weighted by Gasteiger charge is 2.27. The minimum absolute atomic E-state index is 0.151. The Bertz CT molecular complexity index is 1280. The number of nitrogens with zero attached hydrogens (tertiary/aromatic N) is 6. The van der Waals surface area contributed by atoms with Crippen LogP contribution in [-0.2, 0) is 11.2 Å². The zero-order chi connectivity index (χ0) is 25.6. The van der Waals surface area contributed by atoms with Crippen molar-refractivity contribution in [2.45, 2.75) is 18.9 Å². The fourth-order valence-electron chi connectivity index (χ4n) is 5.26. The molecule has 0 aliphatic carbocycles. The van der Waals surface area contributed by atoms with Gasteiger partial charge in [-0.15, -0.1) is 10.2 Å². The molecule has 1 fully saturated rings. The average Bonchev–Trinajstić information content (AvgIpc) is 3.62. The van der Waals surface area contributed by atoms with Gasteiger partial charge < -0.3 is 19.5 Å². The summed E-state index contributed by atoms with van der Waals surface area (Å²) in [4.78, 5) is 22.2. The number of rotatable bonds is 9. The van der Waals surface area contributed by atoms with Gasteiger partial charge in [0.25, 0.3) is 0 Å². The number of nitrogens with one attached hydrogen (secondary N) is 1. The molecule has 9 nitrogen and oxygen atoms in total. The number of aromatic nitrogens is 4. The number of aryl methyl sites for hydroxylation is 1. The maximum Gasteiger partial charge on any atom is 0.409 e. The Morgan fingerprint density at radius 2 is 1.84 bits per heavy atom. The summed E-state index contributed by atoms with van der Waals surface area (Å²) in [6, 6.07) is 17.0. The zero-order valence-electron chi connectivity index (χ0n) is 21.6. The molecule has 1 aliphatic heterocycles. The molecule has 9 heteroatoms. The number of carbonyl (C=O) groups is 1. The Balaban J connectivity index is 1.16. The fourth-order valence-corrected chi connectivity index (χ4v) is 5.26. The second kappa shape index (κ2) is 11.6. The number of hydrogen-bond donors (Lipinski definition) is 1. The molecule has 1 unspecified atom stereocenters. The average molecular weight is 502 g/mol. The van der Waals surface area contributed by atoms with E-state index in [1.165, 1.54) is 23.6 Å². The summed E-state index contributed by atoms with van der Waals surface area (Å²) in [5.74, 6) is 0. The monoisotopic (exact) mass is 501 g/mol. The maximum atomic E-state index is 12.1. The Labute approximate surface area is 217 Å². The van der Waals surface area contributed by atoms with E-state index >= 15 is 0 Å². The van der Waals surface area contributed by atoms with E-state index in [2.05, 4.69) is 73.6 Å². The SMILES string of the molecule is COC(=O)N(C)CC(c1ccccc1)N1CCN(CCCc2c[nH]c3ccc(-n4cnnc4)cc23)CC1.